The lowest BCUT2D eigenvalue weighted by atomic mass is 9.64. The number of aliphatic hydroxyl groups excluding tert-OH is 1. The molecule has 2 N–H and O–H groups in total. The lowest BCUT2D eigenvalue weighted by Gasteiger charge is -2.49. The highest BCUT2D eigenvalue weighted by molar-refractivity contribution is 6.14. The molecule has 1 spiro atoms. The van der Waals surface area contributed by atoms with Gasteiger partial charge in [0.05, 0.1) is 19.1 Å². The average molecular weight is 370 g/mol. The fourth-order valence-electron chi connectivity index (χ4n) is 6.21. The number of ketones is 1. The number of hydrogen-bond donors (Lipinski definition) is 2. The average Bonchev–Trinajstić information content (AvgIpc) is 3.18. The summed E-state index contributed by atoms with van der Waals surface area (Å²) in [5.74, 6) is -0.173. The van der Waals surface area contributed by atoms with Crippen molar-refractivity contribution in [2.24, 2.45) is 17.8 Å². The van der Waals surface area contributed by atoms with Crippen molar-refractivity contribution in [3.05, 3.63) is 29.8 Å². The molecule has 6 heteroatoms. The molecule has 6 atom stereocenters. The number of nitrogens with one attached hydrogen (secondary N) is 1. The standard InChI is InChI=1S/C21H26N2O4/c1-27-20(26)18-14-10-17-21(19(25)13-4-2-3-5-15(13)22-21)8-9-23(17)11-12(14)6-7-16(18)24/h2-5,12,14,16-18,22,24H,6-11H2,1H3. The molecule has 27 heavy (non-hydrogen) atoms. The van der Waals surface area contributed by atoms with E-state index in [1.807, 2.05) is 24.3 Å². The first-order chi connectivity index (χ1) is 13.0. The van der Waals surface area contributed by atoms with E-state index in [0.29, 0.717) is 12.3 Å². The largest absolute Gasteiger partial charge is 0.469 e. The number of ether oxygens (including phenoxy) is 1. The summed E-state index contributed by atoms with van der Waals surface area (Å²) in [6.07, 6.45) is 2.46. The topological polar surface area (TPSA) is 78.9 Å². The van der Waals surface area contributed by atoms with Crippen molar-refractivity contribution in [2.75, 3.05) is 25.5 Å². The molecular weight excluding hydrogens is 344 g/mol. The molecule has 1 aromatic rings. The van der Waals surface area contributed by atoms with E-state index in [2.05, 4.69) is 10.2 Å². The number of Topliss-reactive ketones (excluding diaryl/α,β-unsaturated/α-hetero) is 1. The minimum absolute atomic E-state index is 0.0520. The normalized spacial score (nSPS) is 40.2. The highest BCUT2D eigenvalue weighted by Gasteiger charge is 2.60. The molecule has 5 rings (SSSR count). The molecule has 0 bridgehead atoms. The van der Waals surface area contributed by atoms with Gasteiger partial charge in [-0.1, -0.05) is 12.1 Å². The Morgan fingerprint density at radius 3 is 2.93 bits per heavy atom. The molecule has 0 radical (unpaired) electrons. The van der Waals surface area contributed by atoms with Gasteiger partial charge in [0.25, 0.3) is 0 Å². The maximum Gasteiger partial charge on any atom is 0.311 e. The molecule has 1 aliphatic carbocycles. The predicted molar refractivity (Wildman–Crippen MR) is 99.4 cm³/mol. The fourth-order valence-corrected chi connectivity index (χ4v) is 6.21. The zero-order chi connectivity index (χ0) is 18.8. The van der Waals surface area contributed by atoms with E-state index < -0.39 is 17.6 Å². The maximum absolute atomic E-state index is 13.3. The molecule has 0 aromatic heterocycles. The van der Waals surface area contributed by atoms with Gasteiger partial charge in [0, 0.05) is 30.4 Å². The molecular formula is C21H26N2O4. The first kappa shape index (κ1) is 17.2. The van der Waals surface area contributed by atoms with Crippen LogP contribution < -0.4 is 5.32 Å². The molecule has 144 valence electrons. The first-order valence-corrected chi connectivity index (χ1v) is 9.97. The van der Waals surface area contributed by atoms with Gasteiger partial charge >= 0.3 is 5.97 Å². The van der Waals surface area contributed by atoms with Gasteiger partial charge in [0.15, 0.2) is 5.78 Å². The summed E-state index contributed by atoms with van der Waals surface area (Å²) in [4.78, 5) is 28.2. The van der Waals surface area contributed by atoms with Crippen LogP contribution in [0.3, 0.4) is 0 Å². The molecule has 3 heterocycles. The summed E-state index contributed by atoms with van der Waals surface area (Å²) in [7, 11) is 1.39. The molecule has 2 saturated heterocycles. The Morgan fingerprint density at radius 2 is 2.15 bits per heavy atom. The third-order valence-electron chi connectivity index (χ3n) is 7.49. The number of carbonyl (C=O) groups is 2. The Hall–Kier alpha value is -1.92. The maximum atomic E-state index is 13.3. The van der Waals surface area contributed by atoms with E-state index in [0.717, 1.165) is 43.6 Å². The summed E-state index contributed by atoms with van der Waals surface area (Å²) in [5, 5.41) is 14.1. The van der Waals surface area contributed by atoms with Crippen molar-refractivity contribution < 1.29 is 19.4 Å². The Balaban J connectivity index is 1.48. The van der Waals surface area contributed by atoms with Gasteiger partial charge in [-0.2, -0.15) is 0 Å². The van der Waals surface area contributed by atoms with Crippen molar-refractivity contribution >= 4 is 17.4 Å². The molecule has 3 aliphatic heterocycles. The van der Waals surface area contributed by atoms with Crippen molar-refractivity contribution in [3.63, 3.8) is 0 Å². The summed E-state index contributed by atoms with van der Waals surface area (Å²) >= 11 is 0. The number of rotatable bonds is 1. The van der Waals surface area contributed by atoms with Crippen LogP contribution in [-0.2, 0) is 9.53 Å². The Bertz CT molecular complexity index is 796. The zero-order valence-corrected chi connectivity index (χ0v) is 15.6. The first-order valence-electron chi connectivity index (χ1n) is 9.97. The lowest BCUT2D eigenvalue weighted by molar-refractivity contribution is -0.159. The lowest BCUT2D eigenvalue weighted by Crippen LogP contribution is -2.60. The van der Waals surface area contributed by atoms with E-state index in [1.54, 1.807) is 0 Å². The number of anilines is 1. The van der Waals surface area contributed by atoms with E-state index in [4.69, 9.17) is 4.74 Å². The number of methoxy groups -OCH3 is 1. The van der Waals surface area contributed by atoms with Crippen molar-refractivity contribution in [3.8, 4) is 0 Å². The summed E-state index contributed by atoms with van der Waals surface area (Å²) in [6, 6.07) is 7.78. The Morgan fingerprint density at radius 1 is 1.33 bits per heavy atom. The number of hydrogen-bond acceptors (Lipinski definition) is 6. The Kier molecular flexibility index (Phi) is 3.85. The van der Waals surface area contributed by atoms with Crippen LogP contribution in [0.25, 0.3) is 0 Å². The summed E-state index contributed by atoms with van der Waals surface area (Å²) < 4.78 is 5.01. The predicted octanol–water partition coefficient (Wildman–Crippen LogP) is 1.69. The number of carbonyl (C=O) groups excluding carboxylic acids is 2. The molecule has 6 nitrogen and oxygen atoms in total. The molecule has 6 unspecified atom stereocenters. The summed E-state index contributed by atoms with van der Waals surface area (Å²) in [5.41, 5.74) is 1.09. The van der Waals surface area contributed by atoms with Crippen molar-refractivity contribution in [1.82, 2.24) is 4.90 Å². The quantitative estimate of drug-likeness (QED) is 0.733. The van der Waals surface area contributed by atoms with E-state index in [9.17, 15) is 14.7 Å². The SMILES string of the molecule is COC(=O)C1C(O)CCC2CN3CCC4(Nc5ccccc5C4=O)C3CC21. The minimum atomic E-state index is -0.646. The van der Waals surface area contributed by atoms with Crippen LogP contribution in [-0.4, -0.2) is 59.6 Å². The number of para-hydroxylation sites is 1. The highest BCUT2D eigenvalue weighted by atomic mass is 16.5. The molecule has 0 amide bonds. The third kappa shape index (κ3) is 2.32. The second-order valence-corrected chi connectivity index (χ2v) is 8.59. The van der Waals surface area contributed by atoms with E-state index in [1.165, 1.54) is 7.11 Å². The number of nitrogens with zero attached hydrogens (tertiary/aromatic N) is 1. The second-order valence-electron chi connectivity index (χ2n) is 8.59. The van der Waals surface area contributed by atoms with E-state index >= 15 is 0 Å². The number of fused-ring (bicyclic) bond motifs is 4. The van der Waals surface area contributed by atoms with Crippen LogP contribution in [0.5, 0.6) is 0 Å². The summed E-state index contributed by atoms with van der Waals surface area (Å²) in [6.45, 7) is 1.79. The number of esters is 1. The Labute approximate surface area is 158 Å². The number of benzene rings is 1. The fraction of sp³-hybridized carbons (Fsp3) is 0.619. The van der Waals surface area contributed by atoms with Gasteiger partial charge in [0.1, 0.15) is 5.54 Å². The van der Waals surface area contributed by atoms with Crippen LogP contribution in [0.4, 0.5) is 5.69 Å². The second kappa shape index (κ2) is 6.04. The molecule has 4 aliphatic rings. The van der Waals surface area contributed by atoms with Crippen LogP contribution in [0, 0.1) is 17.8 Å². The molecule has 1 saturated carbocycles. The van der Waals surface area contributed by atoms with Gasteiger partial charge in [0.2, 0.25) is 0 Å². The number of piperidine rings is 1. The third-order valence-corrected chi connectivity index (χ3v) is 7.49. The van der Waals surface area contributed by atoms with Crippen LogP contribution >= 0.6 is 0 Å². The van der Waals surface area contributed by atoms with Gasteiger partial charge in [-0.3, -0.25) is 14.5 Å². The molecule has 1 aromatic carbocycles. The minimum Gasteiger partial charge on any atom is -0.469 e. The van der Waals surface area contributed by atoms with Crippen molar-refractivity contribution in [2.45, 2.75) is 43.4 Å². The molecule has 3 fully saturated rings. The van der Waals surface area contributed by atoms with Crippen LogP contribution in [0.2, 0.25) is 0 Å². The van der Waals surface area contributed by atoms with Gasteiger partial charge in [-0.25, -0.2) is 0 Å². The monoisotopic (exact) mass is 370 g/mol. The van der Waals surface area contributed by atoms with Gasteiger partial charge in [-0.05, 0) is 49.7 Å². The van der Waals surface area contributed by atoms with Crippen LogP contribution in [0.1, 0.15) is 36.0 Å². The van der Waals surface area contributed by atoms with E-state index in [-0.39, 0.29) is 23.7 Å². The number of aliphatic hydroxyl groups is 1. The van der Waals surface area contributed by atoms with Gasteiger partial charge in [-0.15, -0.1) is 0 Å². The van der Waals surface area contributed by atoms with Crippen LogP contribution in [0.15, 0.2) is 24.3 Å². The highest BCUT2D eigenvalue weighted by Crippen LogP contribution is 2.51. The smallest absolute Gasteiger partial charge is 0.311 e. The van der Waals surface area contributed by atoms with Gasteiger partial charge < -0.3 is 15.2 Å². The zero-order valence-electron chi connectivity index (χ0n) is 15.6. The van der Waals surface area contributed by atoms with Crippen molar-refractivity contribution in [1.29, 1.82) is 0 Å².